The molecular weight excluding hydrogens is 238 g/mol. The Balaban J connectivity index is 3.13. The lowest BCUT2D eigenvalue weighted by Crippen LogP contribution is -2.19. The molecule has 0 saturated carbocycles. The highest BCUT2D eigenvalue weighted by atomic mass is 16.6. The van der Waals surface area contributed by atoms with E-state index in [-0.39, 0.29) is 24.6 Å². The predicted molar refractivity (Wildman–Crippen MR) is 65.5 cm³/mol. The lowest BCUT2D eigenvalue weighted by molar-refractivity contribution is -0.386. The van der Waals surface area contributed by atoms with Crippen LogP contribution in [0.5, 0.6) is 0 Å². The molecule has 0 spiro atoms. The predicted octanol–water partition coefficient (Wildman–Crippen LogP) is 1.00. The third kappa shape index (κ3) is 3.05. The summed E-state index contributed by atoms with van der Waals surface area (Å²) in [5.74, 6) is -0.0371. The number of ether oxygens (including phenoxy) is 1. The van der Waals surface area contributed by atoms with Crippen LogP contribution in [0.15, 0.2) is 0 Å². The highest BCUT2D eigenvalue weighted by Crippen LogP contribution is 2.29. The van der Waals surface area contributed by atoms with E-state index in [1.807, 2.05) is 13.8 Å². The van der Waals surface area contributed by atoms with Crippen LogP contribution in [0.25, 0.3) is 0 Å². The van der Waals surface area contributed by atoms with Crippen LogP contribution in [0.3, 0.4) is 0 Å². The number of hydrogen-bond acceptors (Lipinski definition) is 5. The summed E-state index contributed by atoms with van der Waals surface area (Å²) >= 11 is 0. The molecule has 0 bridgehead atoms. The van der Waals surface area contributed by atoms with Gasteiger partial charge in [-0.2, -0.15) is 5.10 Å². The molecule has 1 unspecified atom stereocenters. The fourth-order valence-corrected chi connectivity index (χ4v) is 1.86. The average Bonchev–Trinajstić information content (AvgIpc) is 2.57. The summed E-state index contributed by atoms with van der Waals surface area (Å²) < 4.78 is 6.29. The van der Waals surface area contributed by atoms with E-state index >= 15 is 0 Å². The van der Waals surface area contributed by atoms with Crippen molar-refractivity contribution >= 4 is 5.69 Å². The number of methoxy groups -OCH3 is 1. The molecule has 0 fully saturated rings. The van der Waals surface area contributed by atoms with Gasteiger partial charge in [-0.25, -0.2) is 0 Å². The molecular formula is C11H19N3O4. The van der Waals surface area contributed by atoms with Crippen LogP contribution in [0, 0.1) is 10.1 Å². The third-order valence-electron chi connectivity index (χ3n) is 2.68. The summed E-state index contributed by atoms with van der Waals surface area (Å²) in [5.41, 5.74) is 0.873. The molecule has 0 aliphatic rings. The maximum Gasteiger partial charge on any atom is 0.313 e. The minimum absolute atomic E-state index is 0.00246. The highest BCUT2D eigenvalue weighted by molar-refractivity contribution is 5.43. The second kappa shape index (κ2) is 5.92. The van der Waals surface area contributed by atoms with Crippen LogP contribution >= 0.6 is 0 Å². The van der Waals surface area contributed by atoms with E-state index < -0.39 is 11.0 Å². The largest absolute Gasteiger partial charge is 0.390 e. The fraction of sp³-hybridized carbons (Fsp3) is 0.727. The van der Waals surface area contributed by atoms with E-state index in [4.69, 9.17) is 4.74 Å². The summed E-state index contributed by atoms with van der Waals surface area (Å²) in [4.78, 5) is 10.7. The Morgan fingerprint density at radius 2 is 2.17 bits per heavy atom. The number of rotatable bonds is 6. The molecule has 1 heterocycles. The first-order valence-electron chi connectivity index (χ1n) is 5.75. The molecule has 0 saturated heterocycles. The van der Waals surface area contributed by atoms with Crippen molar-refractivity contribution < 1.29 is 14.8 Å². The van der Waals surface area contributed by atoms with Crippen molar-refractivity contribution in [2.75, 3.05) is 13.7 Å². The smallest absolute Gasteiger partial charge is 0.313 e. The van der Waals surface area contributed by atoms with Crippen molar-refractivity contribution in [2.24, 2.45) is 7.05 Å². The van der Waals surface area contributed by atoms with E-state index in [0.717, 1.165) is 0 Å². The molecule has 1 N–H and O–H groups in total. The number of nitro groups is 1. The van der Waals surface area contributed by atoms with Gasteiger partial charge < -0.3 is 9.84 Å². The molecule has 0 aliphatic heterocycles. The zero-order valence-corrected chi connectivity index (χ0v) is 11.1. The number of hydrogen-bond donors (Lipinski definition) is 1. The van der Waals surface area contributed by atoms with Crippen molar-refractivity contribution in [3.63, 3.8) is 0 Å². The molecule has 0 radical (unpaired) electrons. The van der Waals surface area contributed by atoms with E-state index in [2.05, 4.69) is 5.10 Å². The van der Waals surface area contributed by atoms with Crippen LogP contribution < -0.4 is 0 Å². The Bertz CT molecular complexity index is 428. The maximum atomic E-state index is 11.1. The zero-order chi connectivity index (χ0) is 13.9. The molecule has 1 aromatic rings. The topological polar surface area (TPSA) is 90.4 Å². The van der Waals surface area contributed by atoms with Crippen LogP contribution in [0.4, 0.5) is 5.69 Å². The van der Waals surface area contributed by atoms with Gasteiger partial charge in [-0.3, -0.25) is 14.8 Å². The SMILES string of the molecule is COCC(O)Cc1c([N+](=O)[O-])c(C(C)C)nn1C. The summed E-state index contributed by atoms with van der Waals surface area (Å²) in [6, 6.07) is 0. The molecule has 0 aliphatic carbocycles. The quantitative estimate of drug-likeness (QED) is 0.606. The minimum Gasteiger partial charge on any atom is -0.390 e. The lowest BCUT2D eigenvalue weighted by Gasteiger charge is -2.08. The van der Waals surface area contributed by atoms with E-state index in [1.54, 1.807) is 7.05 Å². The van der Waals surface area contributed by atoms with Crippen molar-refractivity contribution in [3.05, 3.63) is 21.5 Å². The number of nitrogens with zero attached hydrogens (tertiary/aromatic N) is 3. The molecule has 18 heavy (non-hydrogen) atoms. The first-order chi connectivity index (χ1) is 8.38. The van der Waals surface area contributed by atoms with E-state index in [1.165, 1.54) is 11.8 Å². The van der Waals surface area contributed by atoms with Gasteiger partial charge in [-0.05, 0) is 0 Å². The molecule has 1 aromatic heterocycles. The van der Waals surface area contributed by atoms with Crippen LogP contribution in [0.1, 0.15) is 31.2 Å². The van der Waals surface area contributed by atoms with Gasteiger partial charge in [0.15, 0.2) is 0 Å². The summed E-state index contributed by atoms with van der Waals surface area (Å²) in [7, 11) is 3.12. The van der Waals surface area contributed by atoms with Gasteiger partial charge in [0, 0.05) is 26.5 Å². The minimum atomic E-state index is -0.774. The van der Waals surface area contributed by atoms with E-state index in [0.29, 0.717) is 11.4 Å². The molecule has 1 atom stereocenters. The number of aliphatic hydroxyl groups excluding tert-OH is 1. The van der Waals surface area contributed by atoms with Crippen molar-refractivity contribution in [3.8, 4) is 0 Å². The molecule has 7 nitrogen and oxygen atoms in total. The van der Waals surface area contributed by atoms with Gasteiger partial charge in [0.1, 0.15) is 11.4 Å². The van der Waals surface area contributed by atoms with Gasteiger partial charge >= 0.3 is 5.69 Å². The number of aromatic nitrogens is 2. The monoisotopic (exact) mass is 257 g/mol. The van der Waals surface area contributed by atoms with Gasteiger partial charge in [-0.1, -0.05) is 13.8 Å². The molecule has 1 rings (SSSR count). The standard InChI is InChI=1S/C11H19N3O4/c1-7(2)10-11(14(16)17)9(13(3)12-10)5-8(15)6-18-4/h7-8,15H,5-6H2,1-4H3. The van der Waals surface area contributed by atoms with Crippen LogP contribution in [-0.2, 0) is 18.2 Å². The third-order valence-corrected chi connectivity index (χ3v) is 2.68. The van der Waals surface area contributed by atoms with Gasteiger partial charge in [0.2, 0.25) is 0 Å². The first kappa shape index (κ1) is 14.6. The van der Waals surface area contributed by atoms with Crippen molar-refractivity contribution in [1.29, 1.82) is 0 Å². The summed E-state index contributed by atoms with van der Waals surface area (Å²) in [6.45, 7) is 3.84. The average molecular weight is 257 g/mol. The summed E-state index contributed by atoms with van der Waals surface area (Å²) in [5, 5.41) is 25.0. The van der Waals surface area contributed by atoms with Crippen molar-refractivity contribution in [2.45, 2.75) is 32.3 Å². The normalized spacial score (nSPS) is 13.0. The molecule has 0 aromatic carbocycles. The second-order valence-corrected chi connectivity index (χ2v) is 4.53. The van der Waals surface area contributed by atoms with Crippen LogP contribution in [0.2, 0.25) is 0 Å². The molecule has 0 amide bonds. The first-order valence-corrected chi connectivity index (χ1v) is 5.75. The summed E-state index contributed by atoms with van der Waals surface area (Å²) in [6.07, 6.45) is -0.621. The maximum absolute atomic E-state index is 11.1. The van der Waals surface area contributed by atoms with E-state index in [9.17, 15) is 15.2 Å². The second-order valence-electron chi connectivity index (χ2n) is 4.53. The Hall–Kier alpha value is -1.47. The fourth-order valence-electron chi connectivity index (χ4n) is 1.86. The van der Waals surface area contributed by atoms with Gasteiger partial charge in [0.05, 0.1) is 17.6 Å². The molecule has 7 heteroatoms. The Morgan fingerprint density at radius 3 is 2.61 bits per heavy atom. The highest BCUT2D eigenvalue weighted by Gasteiger charge is 2.29. The zero-order valence-electron chi connectivity index (χ0n) is 11.1. The van der Waals surface area contributed by atoms with Gasteiger partial charge in [-0.15, -0.1) is 0 Å². The number of aliphatic hydroxyl groups is 1. The van der Waals surface area contributed by atoms with Crippen molar-refractivity contribution in [1.82, 2.24) is 9.78 Å². The Labute approximate surface area is 106 Å². The number of aryl methyl sites for hydroxylation is 1. The lowest BCUT2D eigenvalue weighted by atomic mass is 10.1. The van der Waals surface area contributed by atoms with Crippen LogP contribution in [-0.4, -0.2) is 39.6 Å². The Kier molecular flexibility index (Phi) is 4.80. The molecule has 102 valence electrons. The Morgan fingerprint density at radius 1 is 1.56 bits per heavy atom. The van der Waals surface area contributed by atoms with Gasteiger partial charge in [0.25, 0.3) is 0 Å².